The number of nitrogens with one attached hydrogen (secondary N) is 1. The highest BCUT2D eigenvalue weighted by molar-refractivity contribution is 5.89. The Kier molecular flexibility index (Phi) is 3.32. The molecule has 0 aromatic carbocycles. The number of aromatic nitrogens is 1. The second-order valence-corrected chi connectivity index (χ2v) is 5.86. The molecule has 0 saturated carbocycles. The second-order valence-electron chi connectivity index (χ2n) is 5.86. The molecule has 0 radical (unpaired) electrons. The van der Waals surface area contributed by atoms with Crippen LogP contribution in [-0.4, -0.2) is 29.2 Å². The maximum atomic E-state index is 12.0. The zero-order chi connectivity index (χ0) is 13.3. The summed E-state index contributed by atoms with van der Waals surface area (Å²) in [4.78, 5) is 13.8. The standard InChI is InChI=1S/C13H21N3O2/c1-9-10(13(2,3)4)18-15-11(9)14-12(17)16-7-5-6-8-16/h5-8H2,1-4H3,(H,14,15,17). The van der Waals surface area contributed by atoms with Crippen molar-refractivity contribution in [2.75, 3.05) is 18.4 Å². The number of rotatable bonds is 1. The maximum Gasteiger partial charge on any atom is 0.323 e. The first-order chi connectivity index (χ1) is 8.39. The van der Waals surface area contributed by atoms with Gasteiger partial charge in [0, 0.05) is 24.1 Å². The number of likely N-dealkylation sites (tertiary alicyclic amines) is 1. The summed E-state index contributed by atoms with van der Waals surface area (Å²) in [5.41, 5.74) is 0.809. The third-order valence-corrected chi connectivity index (χ3v) is 3.22. The van der Waals surface area contributed by atoms with Gasteiger partial charge in [0.05, 0.1) is 0 Å². The number of nitrogens with zero attached hydrogens (tertiary/aromatic N) is 2. The minimum Gasteiger partial charge on any atom is -0.358 e. The van der Waals surface area contributed by atoms with Gasteiger partial charge < -0.3 is 9.42 Å². The molecule has 2 amide bonds. The number of carbonyl (C=O) groups excluding carboxylic acids is 1. The zero-order valence-electron chi connectivity index (χ0n) is 11.5. The van der Waals surface area contributed by atoms with E-state index >= 15 is 0 Å². The number of carbonyl (C=O) groups is 1. The Bertz CT molecular complexity index is 440. The lowest BCUT2D eigenvalue weighted by molar-refractivity contribution is 0.222. The summed E-state index contributed by atoms with van der Waals surface area (Å²) in [6, 6.07) is -0.0793. The molecule has 0 bridgehead atoms. The number of hydrogen-bond donors (Lipinski definition) is 1. The van der Waals surface area contributed by atoms with Gasteiger partial charge in [-0.15, -0.1) is 0 Å². The van der Waals surface area contributed by atoms with Crippen molar-refractivity contribution in [3.05, 3.63) is 11.3 Å². The summed E-state index contributed by atoms with van der Waals surface area (Å²) >= 11 is 0. The van der Waals surface area contributed by atoms with Gasteiger partial charge in [0.15, 0.2) is 5.82 Å². The molecule has 0 aliphatic carbocycles. The lowest BCUT2D eigenvalue weighted by Crippen LogP contribution is -2.32. The zero-order valence-corrected chi connectivity index (χ0v) is 11.5. The van der Waals surface area contributed by atoms with E-state index in [2.05, 4.69) is 31.2 Å². The van der Waals surface area contributed by atoms with Crippen molar-refractivity contribution in [3.63, 3.8) is 0 Å². The van der Waals surface area contributed by atoms with Crippen LogP contribution < -0.4 is 5.32 Å². The molecule has 1 aromatic rings. The maximum absolute atomic E-state index is 12.0. The van der Waals surface area contributed by atoms with Crippen molar-refractivity contribution in [3.8, 4) is 0 Å². The van der Waals surface area contributed by atoms with Gasteiger partial charge in [-0.25, -0.2) is 4.79 Å². The molecular formula is C13H21N3O2. The van der Waals surface area contributed by atoms with E-state index in [1.807, 2.05) is 11.8 Å². The van der Waals surface area contributed by atoms with Gasteiger partial charge >= 0.3 is 6.03 Å². The highest BCUT2D eigenvalue weighted by Gasteiger charge is 2.26. The molecule has 5 nitrogen and oxygen atoms in total. The van der Waals surface area contributed by atoms with Crippen LogP contribution in [0.15, 0.2) is 4.52 Å². The molecule has 2 rings (SSSR count). The van der Waals surface area contributed by atoms with Crippen molar-refractivity contribution in [2.24, 2.45) is 0 Å². The van der Waals surface area contributed by atoms with E-state index in [1.54, 1.807) is 0 Å². The summed E-state index contributed by atoms with van der Waals surface area (Å²) < 4.78 is 5.34. The summed E-state index contributed by atoms with van der Waals surface area (Å²) in [6.45, 7) is 9.77. The van der Waals surface area contributed by atoms with Gasteiger partial charge in [0.1, 0.15) is 5.76 Å². The SMILES string of the molecule is Cc1c(NC(=O)N2CCCC2)noc1C(C)(C)C. The predicted molar refractivity (Wildman–Crippen MR) is 69.8 cm³/mol. The first-order valence-electron chi connectivity index (χ1n) is 6.42. The van der Waals surface area contributed by atoms with Gasteiger partial charge in [-0.1, -0.05) is 25.9 Å². The largest absolute Gasteiger partial charge is 0.358 e. The topological polar surface area (TPSA) is 58.4 Å². The third kappa shape index (κ3) is 2.49. The van der Waals surface area contributed by atoms with Crippen LogP contribution in [0.5, 0.6) is 0 Å². The highest BCUT2D eigenvalue weighted by atomic mass is 16.5. The monoisotopic (exact) mass is 251 g/mol. The second kappa shape index (κ2) is 4.63. The minimum absolute atomic E-state index is 0.0793. The fourth-order valence-electron chi connectivity index (χ4n) is 2.25. The van der Waals surface area contributed by atoms with Crippen LogP contribution in [0, 0.1) is 6.92 Å². The smallest absolute Gasteiger partial charge is 0.323 e. The number of amides is 2. The Morgan fingerprint density at radius 2 is 1.94 bits per heavy atom. The first kappa shape index (κ1) is 12.9. The molecule has 18 heavy (non-hydrogen) atoms. The Labute approximate surface area is 108 Å². The van der Waals surface area contributed by atoms with E-state index < -0.39 is 0 Å². The predicted octanol–water partition coefficient (Wildman–Crippen LogP) is 2.91. The Morgan fingerprint density at radius 3 is 2.44 bits per heavy atom. The normalized spacial score (nSPS) is 16.1. The van der Waals surface area contributed by atoms with Gasteiger partial charge in [0.2, 0.25) is 0 Å². The minimum atomic E-state index is -0.103. The van der Waals surface area contributed by atoms with Crippen LogP contribution >= 0.6 is 0 Å². The fourth-order valence-corrected chi connectivity index (χ4v) is 2.25. The van der Waals surface area contributed by atoms with Gasteiger partial charge in [-0.05, 0) is 19.8 Å². The summed E-state index contributed by atoms with van der Waals surface area (Å²) in [5.74, 6) is 1.36. The molecule has 1 aliphatic rings. The Hall–Kier alpha value is -1.52. The molecule has 1 fully saturated rings. The van der Waals surface area contributed by atoms with Crippen molar-refractivity contribution in [1.29, 1.82) is 0 Å². The molecule has 100 valence electrons. The molecular weight excluding hydrogens is 230 g/mol. The number of anilines is 1. The molecule has 1 saturated heterocycles. The van der Waals surface area contributed by atoms with Crippen molar-refractivity contribution >= 4 is 11.8 Å². The fraction of sp³-hybridized carbons (Fsp3) is 0.692. The first-order valence-corrected chi connectivity index (χ1v) is 6.42. The summed E-state index contributed by atoms with van der Waals surface area (Å²) in [5, 5.41) is 6.79. The molecule has 0 unspecified atom stereocenters. The third-order valence-electron chi connectivity index (χ3n) is 3.22. The van der Waals surface area contributed by atoms with Gasteiger partial charge in [0.25, 0.3) is 0 Å². The lowest BCUT2D eigenvalue weighted by Gasteiger charge is -2.16. The van der Waals surface area contributed by atoms with E-state index in [4.69, 9.17) is 4.52 Å². The average molecular weight is 251 g/mol. The highest BCUT2D eigenvalue weighted by Crippen LogP contribution is 2.29. The lowest BCUT2D eigenvalue weighted by atomic mass is 9.91. The van der Waals surface area contributed by atoms with Crippen molar-refractivity contribution in [1.82, 2.24) is 10.1 Å². The van der Waals surface area contributed by atoms with Gasteiger partial charge in [-0.3, -0.25) is 5.32 Å². The molecule has 1 N–H and O–H groups in total. The summed E-state index contributed by atoms with van der Waals surface area (Å²) in [6.07, 6.45) is 2.16. The quantitative estimate of drug-likeness (QED) is 0.834. The van der Waals surface area contributed by atoms with Crippen LogP contribution in [0.4, 0.5) is 10.6 Å². The molecule has 0 spiro atoms. The number of hydrogen-bond acceptors (Lipinski definition) is 3. The van der Waals surface area contributed by atoms with Crippen LogP contribution in [0.1, 0.15) is 44.9 Å². The van der Waals surface area contributed by atoms with Crippen LogP contribution in [0.3, 0.4) is 0 Å². The van der Waals surface area contributed by atoms with Crippen molar-refractivity contribution in [2.45, 2.75) is 46.0 Å². The van der Waals surface area contributed by atoms with E-state index in [1.165, 1.54) is 0 Å². The number of urea groups is 1. The molecule has 2 heterocycles. The molecule has 1 aliphatic heterocycles. The van der Waals surface area contributed by atoms with E-state index in [9.17, 15) is 4.79 Å². The summed E-state index contributed by atoms with van der Waals surface area (Å²) in [7, 11) is 0. The van der Waals surface area contributed by atoms with Crippen molar-refractivity contribution < 1.29 is 9.32 Å². The molecule has 1 aromatic heterocycles. The van der Waals surface area contributed by atoms with Crippen LogP contribution in [-0.2, 0) is 5.41 Å². The van der Waals surface area contributed by atoms with E-state index in [0.29, 0.717) is 5.82 Å². The van der Waals surface area contributed by atoms with Gasteiger partial charge in [-0.2, -0.15) is 0 Å². The van der Waals surface area contributed by atoms with E-state index in [0.717, 1.165) is 37.3 Å². The van der Waals surface area contributed by atoms with E-state index in [-0.39, 0.29) is 11.4 Å². The Balaban J connectivity index is 2.10. The molecule has 5 heteroatoms. The average Bonchev–Trinajstić information content (AvgIpc) is 2.87. The van der Waals surface area contributed by atoms with Crippen LogP contribution in [0.2, 0.25) is 0 Å². The molecule has 0 atom stereocenters. The van der Waals surface area contributed by atoms with Crippen LogP contribution in [0.25, 0.3) is 0 Å². The Morgan fingerprint density at radius 1 is 1.33 bits per heavy atom.